The molecule has 160 valence electrons. The maximum absolute atomic E-state index is 5.03. The van der Waals surface area contributed by atoms with Crippen molar-refractivity contribution in [1.29, 1.82) is 0 Å². The minimum absolute atomic E-state index is 0.473. The standard InChI is InChI=1S/C24H28B2N6/c25-20-6-2-1-5-19(20)16-31-10-7-18(8-11-31)22-12-23(28-14-17-4-3-9-27-13-17)32-24(30-22)21(26)15-29-32/h1-6,9,12-13,15,18,28H,7-8,10-11,14,16,25-26H2. The van der Waals surface area contributed by atoms with Crippen LogP contribution >= 0.6 is 0 Å². The van der Waals surface area contributed by atoms with E-state index in [9.17, 15) is 0 Å². The predicted octanol–water partition coefficient (Wildman–Crippen LogP) is 0.633. The maximum atomic E-state index is 5.03. The third-order valence-electron chi connectivity index (χ3n) is 6.53. The second kappa shape index (κ2) is 9.17. The van der Waals surface area contributed by atoms with Crippen LogP contribution in [0.4, 0.5) is 5.82 Å². The van der Waals surface area contributed by atoms with Crippen LogP contribution in [0.15, 0.2) is 61.1 Å². The third kappa shape index (κ3) is 4.41. The first-order valence-electron chi connectivity index (χ1n) is 11.4. The molecule has 4 heterocycles. The molecule has 1 aliphatic heterocycles. The highest BCUT2D eigenvalue weighted by Gasteiger charge is 2.23. The molecule has 0 saturated carbocycles. The van der Waals surface area contributed by atoms with Crippen molar-refractivity contribution in [1.82, 2.24) is 24.5 Å². The molecule has 1 N–H and O–H groups in total. The van der Waals surface area contributed by atoms with Crippen molar-refractivity contribution in [2.45, 2.75) is 31.8 Å². The van der Waals surface area contributed by atoms with Crippen LogP contribution in [0, 0.1) is 0 Å². The number of benzene rings is 1. The molecule has 0 spiro atoms. The molecule has 1 fully saturated rings. The van der Waals surface area contributed by atoms with Crippen LogP contribution in [0.25, 0.3) is 5.65 Å². The number of nitrogens with one attached hydrogen (secondary N) is 1. The van der Waals surface area contributed by atoms with Crippen LogP contribution in [0.2, 0.25) is 0 Å². The van der Waals surface area contributed by atoms with Crippen LogP contribution < -0.4 is 16.2 Å². The number of anilines is 1. The topological polar surface area (TPSA) is 58.4 Å². The first kappa shape index (κ1) is 20.8. The first-order chi connectivity index (χ1) is 15.7. The van der Waals surface area contributed by atoms with E-state index in [1.165, 1.54) is 16.7 Å². The lowest BCUT2D eigenvalue weighted by atomic mass is 9.89. The molecule has 0 atom stereocenters. The van der Waals surface area contributed by atoms with Gasteiger partial charge in [0.1, 0.15) is 21.5 Å². The Bertz CT molecular complexity index is 1200. The third-order valence-corrected chi connectivity index (χ3v) is 6.53. The largest absolute Gasteiger partial charge is 0.366 e. The van der Waals surface area contributed by atoms with Gasteiger partial charge in [-0.2, -0.15) is 9.61 Å². The minimum atomic E-state index is 0.473. The van der Waals surface area contributed by atoms with Crippen LogP contribution in [0.5, 0.6) is 0 Å². The monoisotopic (exact) mass is 422 g/mol. The highest BCUT2D eigenvalue weighted by atomic mass is 15.3. The Morgan fingerprint density at radius 3 is 2.62 bits per heavy atom. The zero-order valence-electron chi connectivity index (χ0n) is 18.8. The van der Waals surface area contributed by atoms with Gasteiger partial charge in [0.15, 0.2) is 5.65 Å². The van der Waals surface area contributed by atoms with Gasteiger partial charge in [-0.1, -0.05) is 35.8 Å². The van der Waals surface area contributed by atoms with E-state index < -0.39 is 0 Å². The Balaban J connectivity index is 1.32. The number of piperidine rings is 1. The number of likely N-dealkylation sites (tertiary alicyclic amines) is 1. The molecule has 6 nitrogen and oxygen atoms in total. The first-order valence-corrected chi connectivity index (χ1v) is 11.4. The van der Waals surface area contributed by atoms with Gasteiger partial charge < -0.3 is 5.32 Å². The molecule has 0 radical (unpaired) electrons. The van der Waals surface area contributed by atoms with E-state index in [0.717, 1.165) is 55.0 Å². The van der Waals surface area contributed by atoms with Crippen molar-refractivity contribution >= 4 is 38.1 Å². The minimum Gasteiger partial charge on any atom is -0.366 e. The number of hydrogen-bond acceptors (Lipinski definition) is 5. The normalized spacial score (nSPS) is 15.2. The molecule has 1 aliphatic rings. The molecular weight excluding hydrogens is 394 g/mol. The van der Waals surface area contributed by atoms with E-state index in [4.69, 9.17) is 4.98 Å². The van der Waals surface area contributed by atoms with E-state index in [1.54, 1.807) is 6.20 Å². The van der Waals surface area contributed by atoms with Gasteiger partial charge in [-0.15, -0.1) is 0 Å². The second-order valence-corrected chi connectivity index (χ2v) is 8.82. The fourth-order valence-electron chi connectivity index (χ4n) is 4.54. The summed E-state index contributed by atoms with van der Waals surface area (Å²) >= 11 is 0. The van der Waals surface area contributed by atoms with Crippen molar-refractivity contribution in [2.24, 2.45) is 0 Å². The summed E-state index contributed by atoms with van der Waals surface area (Å²) in [5.41, 5.74) is 7.18. The lowest BCUT2D eigenvalue weighted by Crippen LogP contribution is -2.34. The lowest BCUT2D eigenvalue weighted by Gasteiger charge is -2.32. The summed E-state index contributed by atoms with van der Waals surface area (Å²) in [5.74, 6) is 1.46. The highest BCUT2D eigenvalue weighted by Crippen LogP contribution is 2.29. The van der Waals surface area contributed by atoms with Gasteiger partial charge in [0.05, 0.1) is 0 Å². The van der Waals surface area contributed by atoms with Crippen molar-refractivity contribution in [2.75, 3.05) is 18.4 Å². The molecule has 0 unspecified atom stereocenters. The smallest absolute Gasteiger partial charge is 0.151 e. The zero-order valence-corrected chi connectivity index (χ0v) is 18.8. The molecule has 4 aromatic rings. The second-order valence-electron chi connectivity index (χ2n) is 8.82. The van der Waals surface area contributed by atoms with Crippen molar-refractivity contribution < 1.29 is 0 Å². The quantitative estimate of drug-likeness (QED) is 0.463. The predicted molar refractivity (Wildman–Crippen MR) is 135 cm³/mol. The van der Waals surface area contributed by atoms with Crippen molar-refractivity contribution in [3.8, 4) is 0 Å². The molecule has 5 rings (SSSR count). The van der Waals surface area contributed by atoms with Crippen LogP contribution in [-0.4, -0.2) is 53.3 Å². The summed E-state index contributed by atoms with van der Waals surface area (Å²) in [6.45, 7) is 3.94. The Morgan fingerprint density at radius 1 is 1.00 bits per heavy atom. The summed E-state index contributed by atoms with van der Waals surface area (Å²) < 4.78 is 1.92. The molecule has 8 heteroatoms. The van der Waals surface area contributed by atoms with Gasteiger partial charge >= 0.3 is 0 Å². The fourth-order valence-corrected chi connectivity index (χ4v) is 4.54. The van der Waals surface area contributed by atoms with Gasteiger partial charge in [-0.05, 0) is 48.6 Å². The van der Waals surface area contributed by atoms with Crippen LogP contribution in [0.3, 0.4) is 0 Å². The average molecular weight is 422 g/mol. The summed E-state index contributed by atoms with van der Waals surface area (Å²) in [4.78, 5) is 11.8. The average Bonchev–Trinajstić information content (AvgIpc) is 3.21. The summed E-state index contributed by atoms with van der Waals surface area (Å²) in [6, 6.07) is 14.9. The molecule has 0 amide bonds. The summed E-state index contributed by atoms with van der Waals surface area (Å²) in [6.07, 6.45) is 7.85. The summed E-state index contributed by atoms with van der Waals surface area (Å²) in [7, 11) is 4.28. The number of pyridine rings is 1. The van der Waals surface area contributed by atoms with E-state index in [2.05, 4.69) is 72.4 Å². The maximum Gasteiger partial charge on any atom is 0.151 e. The van der Waals surface area contributed by atoms with Gasteiger partial charge in [-0.3, -0.25) is 9.88 Å². The highest BCUT2D eigenvalue weighted by molar-refractivity contribution is 6.36. The summed E-state index contributed by atoms with van der Waals surface area (Å²) in [5, 5.41) is 8.11. The molecule has 1 saturated heterocycles. The van der Waals surface area contributed by atoms with Gasteiger partial charge in [-0.25, -0.2) is 4.98 Å². The number of fused-ring (bicyclic) bond motifs is 1. The number of aromatic nitrogens is 4. The number of nitrogens with zero attached hydrogens (tertiary/aromatic N) is 5. The molecule has 1 aromatic carbocycles. The SMILES string of the molecule is Bc1ccccc1CN1CCC(c2cc(NCc3cccnc3)n3ncc(B)c3n2)CC1. The Hall–Kier alpha value is -3.12. The van der Waals surface area contributed by atoms with Gasteiger partial charge in [0.2, 0.25) is 0 Å². The van der Waals surface area contributed by atoms with Crippen LogP contribution in [0.1, 0.15) is 35.6 Å². The molecule has 0 aliphatic carbocycles. The van der Waals surface area contributed by atoms with E-state index in [-0.39, 0.29) is 0 Å². The molecule has 3 aromatic heterocycles. The Morgan fingerprint density at radius 2 is 1.84 bits per heavy atom. The molecular formula is C24H28B2N6. The van der Waals surface area contributed by atoms with Crippen molar-refractivity contribution in [3.63, 3.8) is 0 Å². The lowest BCUT2D eigenvalue weighted by molar-refractivity contribution is 0.204. The molecule has 0 bridgehead atoms. The number of rotatable bonds is 6. The Kier molecular flexibility index (Phi) is 5.95. The van der Waals surface area contributed by atoms with Gasteiger partial charge in [0.25, 0.3) is 0 Å². The zero-order chi connectivity index (χ0) is 21.9. The number of hydrogen-bond donors (Lipinski definition) is 1. The fraction of sp³-hybridized carbons (Fsp3) is 0.292. The van der Waals surface area contributed by atoms with Gasteiger partial charge in [0, 0.05) is 49.4 Å². The van der Waals surface area contributed by atoms with Crippen LogP contribution in [-0.2, 0) is 13.1 Å². The van der Waals surface area contributed by atoms with E-state index in [1.807, 2.05) is 23.0 Å². The van der Waals surface area contributed by atoms with E-state index in [0.29, 0.717) is 12.5 Å². The van der Waals surface area contributed by atoms with Crippen molar-refractivity contribution in [3.05, 3.63) is 77.9 Å². The molecule has 32 heavy (non-hydrogen) atoms. The van der Waals surface area contributed by atoms with E-state index >= 15 is 0 Å². The Labute approximate surface area is 190 Å².